The van der Waals surface area contributed by atoms with Crippen LogP contribution < -0.4 is 4.90 Å². The van der Waals surface area contributed by atoms with Crippen molar-refractivity contribution in [1.82, 2.24) is 4.90 Å². The lowest BCUT2D eigenvalue weighted by atomic mass is 9.69. The molecule has 186 valence electrons. The van der Waals surface area contributed by atoms with Gasteiger partial charge in [0, 0.05) is 32.9 Å². The summed E-state index contributed by atoms with van der Waals surface area (Å²) < 4.78 is 0. The average molecular weight is 493 g/mol. The lowest BCUT2D eigenvalue weighted by molar-refractivity contribution is 0.317. The molecule has 0 bridgehead atoms. The molecule has 2 aliphatic carbocycles. The summed E-state index contributed by atoms with van der Waals surface area (Å²) in [5, 5.41) is 0. The van der Waals surface area contributed by atoms with E-state index in [-0.39, 0.29) is 5.41 Å². The molecule has 5 aromatic rings. The summed E-state index contributed by atoms with van der Waals surface area (Å²) in [4.78, 5) is 4.62. The molecular formula is C36H32N2. The van der Waals surface area contributed by atoms with Gasteiger partial charge in [-0.1, -0.05) is 103 Å². The first-order valence-corrected chi connectivity index (χ1v) is 13.5. The maximum Gasteiger partial charge on any atom is 0.0728 e. The minimum Gasteiger partial charge on any atom is -0.378 e. The molecule has 2 nitrogen and oxygen atoms in total. The highest BCUT2D eigenvalue weighted by molar-refractivity contribution is 5.95. The van der Waals surface area contributed by atoms with Gasteiger partial charge in [-0.3, -0.25) is 4.90 Å². The third-order valence-corrected chi connectivity index (χ3v) is 8.42. The minimum absolute atomic E-state index is 0.290. The van der Waals surface area contributed by atoms with E-state index in [1.54, 1.807) is 0 Å². The molecule has 0 atom stereocenters. The summed E-state index contributed by atoms with van der Waals surface area (Å²) in [5.74, 6) is 0. The van der Waals surface area contributed by atoms with Crippen LogP contribution >= 0.6 is 0 Å². The number of benzene rings is 5. The molecule has 2 heteroatoms. The molecule has 7 rings (SSSR count). The van der Waals surface area contributed by atoms with Gasteiger partial charge < -0.3 is 4.90 Å². The smallest absolute Gasteiger partial charge is 0.0728 e. The zero-order valence-corrected chi connectivity index (χ0v) is 22.3. The van der Waals surface area contributed by atoms with Gasteiger partial charge in [-0.15, -0.1) is 0 Å². The molecule has 0 saturated heterocycles. The number of nitrogens with zero attached hydrogens (tertiary/aromatic N) is 2. The lowest BCUT2D eigenvalue weighted by Gasteiger charge is -2.33. The Morgan fingerprint density at radius 3 is 1.66 bits per heavy atom. The summed E-state index contributed by atoms with van der Waals surface area (Å²) in [6.07, 6.45) is 0. The molecule has 5 aromatic carbocycles. The van der Waals surface area contributed by atoms with Gasteiger partial charge in [0.1, 0.15) is 0 Å². The highest BCUT2D eigenvalue weighted by atomic mass is 15.1. The Balaban J connectivity index is 1.40. The van der Waals surface area contributed by atoms with Crippen LogP contribution in [-0.2, 0) is 18.5 Å². The van der Waals surface area contributed by atoms with Crippen LogP contribution in [-0.4, -0.2) is 26.0 Å². The normalized spacial score (nSPS) is 13.8. The van der Waals surface area contributed by atoms with Gasteiger partial charge in [-0.2, -0.15) is 0 Å². The van der Waals surface area contributed by atoms with Crippen molar-refractivity contribution in [2.75, 3.05) is 26.0 Å². The van der Waals surface area contributed by atoms with E-state index in [2.05, 4.69) is 146 Å². The van der Waals surface area contributed by atoms with Gasteiger partial charge in [-0.25, -0.2) is 0 Å². The van der Waals surface area contributed by atoms with Crippen LogP contribution in [0.4, 0.5) is 5.69 Å². The Morgan fingerprint density at radius 1 is 0.526 bits per heavy atom. The fourth-order valence-electron chi connectivity index (χ4n) is 6.96. The largest absolute Gasteiger partial charge is 0.378 e. The maximum atomic E-state index is 2.45. The zero-order chi connectivity index (χ0) is 25.9. The van der Waals surface area contributed by atoms with Crippen molar-refractivity contribution in [2.24, 2.45) is 0 Å². The van der Waals surface area contributed by atoms with Gasteiger partial charge in [0.25, 0.3) is 0 Å². The molecule has 0 aliphatic heterocycles. The maximum absolute atomic E-state index is 2.45. The molecule has 0 radical (unpaired) electrons. The molecule has 0 heterocycles. The Labute approximate surface area is 225 Å². The highest BCUT2D eigenvalue weighted by Crippen LogP contribution is 2.63. The second-order valence-corrected chi connectivity index (χ2v) is 11.0. The van der Waals surface area contributed by atoms with Crippen LogP contribution in [0.1, 0.15) is 33.4 Å². The van der Waals surface area contributed by atoms with Gasteiger partial charge in [0.15, 0.2) is 0 Å². The predicted molar refractivity (Wildman–Crippen MR) is 159 cm³/mol. The van der Waals surface area contributed by atoms with Crippen molar-refractivity contribution >= 4 is 5.69 Å². The van der Waals surface area contributed by atoms with E-state index < -0.39 is 0 Å². The number of anilines is 1. The third-order valence-electron chi connectivity index (χ3n) is 8.42. The molecule has 1 spiro atoms. The van der Waals surface area contributed by atoms with Gasteiger partial charge in [0.05, 0.1) is 5.41 Å². The van der Waals surface area contributed by atoms with Crippen molar-refractivity contribution in [3.8, 4) is 22.3 Å². The van der Waals surface area contributed by atoms with E-state index in [0.717, 1.165) is 13.1 Å². The first-order valence-electron chi connectivity index (χ1n) is 13.5. The molecule has 0 saturated carbocycles. The van der Waals surface area contributed by atoms with Crippen LogP contribution in [0.25, 0.3) is 22.3 Å². The van der Waals surface area contributed by atoms with Gasteiger partial charge in [-0.05, 0) is 74.8 Å². The number of fused-ring (bicyclic) bond motifs is 10. The van der Waals surface area contributed by atoms with Gasteiger partial charge in [0.2, 0.25) is 0 Å². The first kappa shape index (κ1) is 23.0. The SMILES string of the molecule is CN(Cc1cccc(N(C)C)c1)Cc1cccc2c1C1(c3ccccc3-c3ccccc31)c1ccccc1-2. The van der Waals surface area contributed by atoms with E-state index in [9.17, 15) is 0 Å². The Kier molecular flexibility index (Phi) is 5.28. The summed E-state index contributed by atoms with van der Waals surface area (Å²) in [6, 6.07) is 42.9. The zero-order valence-electron chi connectivity index (χ0n) is 22.3. The Hall–Kier alpha value is -4.14. The quantitative estimate of drug-likeness (QED) is 0.243. The topological polar surface area (TPSA) is 6.48 Å². The summed E-state index contributed by atoms with van der Waals surface area (Å²) in [7, 11) is 6.45. The summed E-state index contributed by atoms with van der Waals surface area (Å²) in [5.41, 5.74) is 14.8. The predicted octanol–water partition coefficient (Wildman–Crippen LogP) is 7.73. The van der Waals surface area contributed by atoms with Crippen LogP contribution in [0.2, 0.25) is 0 Å². The van der Waals surface area contributed by atoms with Crippen molar-refractivity contribution in [2.45, 2.75) is 18.5 Å². The molecule has 0 amide bonds. The van der Waals surface area contributed by atoms with E-state index in [0.29, 0.717) is 0 Å². The number of hydrogen-bond donors (Lipinski definition) is 0. The van der Waals surface area contributed by atoms with Crippen molar-refractivity contribution < 1.29 is 0 Å². The van der Waals surface area contributed by atoms with Crippen molar-refractivity contribution in [3.05, 3.63) is 149 Å². The Morgan fingerprint density at radius 2 is 1.05 bits per heavy atom. The first-order chi connectivity index (χ1) is 18.6. The molecule has 0 fully saturated rings. The van der Waals surface area contributed by atoms with E-state index in [1.807, 2.05) is 0 Å². The lowest BCUT2D eigenvalue weighted by Crippen LogP contribution is -2.28. The van der Waals surface area contributed by atoms with Crippen LogP contribution in [0.3, 0.4) is 0 Å². The monoisotopic (exact) mass is 492 g/mol. The van der Waals surface area contributed by atoms with E-state index in [4.69, 9.17) is 0 Å². The standard InChI is InChI=1S/C36H32N2/c1-37(2)27-14-10-12-25(22-27)23-38(3)24-26-13-11-18-31-30-17-6-9-21-34(30)36(35(26)31)32-19-7-4-15-28(32)29-16-5-8-20-33(29)36/h4-22H,23-24H2,1-3H3. The molecule has 0 aromatic heterocycles. The van der Waals surface area contributed by atoms with Crippen molar-refractivity contribution in [1.29, 1.82) is 0 Å². The fourth-order valence-corrected chi connectivity index (χ4v) is 6.96. The average Bonchev–Trinajstić information content (AvgIpc) is 3.41. The van der Waals surface area contributed by atoms with Crippen molar-refractivity contribution in [3.63, 3.8) is 0 Å². The highest BCUT2D eigenvalue weighted by Gasteiger charge is 2.52. The summed E-state index contributed by atoms with van der Waals surface area (Å²) in [6.45, 7) is 1.79. The van der Waals surface area contributed by atoms with Crippen LogP contribution in [0.5, 0.6) is 0 Å². The minimum atomic E-state index is -0.290. The van der Waals surface area contributed by atoms with E-state index >= 15 is 0 Å². The second-order valence-electron chi connectivity index (χ2n) is 11.0. The third kappa shape index (κ3) is 3.23. The van der Waals surface area contributed by atoms with E-state index in [1.165, 1.54) is 61.3 Å². The van der Waals surface area contributed by atoms with Crippen LogP contribution in [0.15, 0.2) is 115 Å². The molecular weight excluding hydrogens is 460 g/mol. The number of hydrogen-bond acceptors (Lipinski definition) is 2. The van der Waals surface area contributed by atoms with Gasteiger partial charge >= 0.3 is 0 Å². The number of rotatable bonds is 5. The second kappa shape index (κ2) is 8.72. The van der Waals surface area contributed by atoms with Crippen LogP contribution in [0, 0.1) is 0 Å². The molecule has 0 unspecified atom stereocenters. The molecule has 0 N–H and O–H groups in total. The molecule has 38 heavy (non-hydrogen) atoms. The molecule has 2 aliphatic rings. The Bertz CT molecular complexity index is 1620. The summed E-state index contributed by atoms with van der Waals surface area (Å²) >= 11 is 0. The fraction of sp³-hybridized carbons (Fsp3) is 0.167.